The van der Waals surface area contributed by atoms with Crippen LogP contribution in [0.2, 0.25) is 0 Å². The van der Waals surface area contributed by atoms with Gasteiger partial charge in [-0.3, -0.25) is 0 Å². The summed E-state index contributed by atoms with van der Waals surface area (Å²) >= 11 is 0. The van der Waals surface area contributed by atoms with Gasteiger partial charge in [-0.1, -0.05) is 6.07 Å². The van der Waals surface area contributed by atoms with Crippen LogP contribution in [0, 0.1) is 5.82 Å². The average Bonchev–Trinajstić information content (AvgIpc) is 2.65. The summed E-state index contributed by atoms with van der Waals surface area (Å²) in [5.41, 5.74) is 6.23. The van der Waals surface area contributed by atoms with E-state index in [1.54, 1.807) is 23.0 Å². The molecule has 1 heterocycles. The molecular weight excluding hydrogens is 217 g/mol. The van der Waals surface area contributed by atoms with Gasteiger partial charge in [0.05, 0.1) is 6.54 Å². The van der Waals surface area contributed by atoms with Crippen LogP contribution in [0.3, 0.4) is 0 Å². The van der Waals surface area contributed by atoms with Crippen LogP contribution in [0.15, 0.2) is 36.7 Å². The molecule has 0 atom stereocenters. The number of nitrogens with two attached hydrogens (primary N) is 1. The monoisotopic (exact) mass is 227 g/mol. The van der Waals surface area contributed by atoms with Crippen LogP contribution >= 0.6 is 12.4 Å². The fourth-order valence-corrected chi connectivity index (χ4v) is 1.35. The highest BCUT2D eigenvalue weighted by atomic mass is 35.5. The highest BCUT2D eigenvalue weighted by Crippen LogP contribution is 2.11. The molecule has 1 aromatic heterocycles. The quantitative estimate of drug-likeness (QED) is 0.852. The third-order valence-electron chi connectivity index (χ3n) is 1.99. The molecule has 1 aromatic carbocycles. The molecule has 80 valence electrons. The van der Waals surface area contributed by atoms with Crippen molar-refractivity contribution in [3.8, 4) is 5.69 Å². The summed E-state index contributed by atoms with van der Waals surface area (Å²) in [6.45, 7) is 0.337. The van der Waals surface area contributed by atoms with Gasteiger partial charge in [-0.05, 0) is 18.2 Å². The van der Waals surface area contributed by atoms with Gasteiger partial charge in [0.15, 0.2) is 0 Å². The average molecular weight is 228 g/mol. The molecule has 0 saturated heterocycles. The van der Waals surface area contributed by atoms with E-state index < -0.39 is 0 Å². The van der Waals surface area contributed by atoms with Gasteiger partial charge in [0.25, 0.3) is 0 Å². The Balaban J connectivity index is 0.00000112. The third kappa shape index (κ3) is 2.34. The van der Waals surface area contributed by atoms with Gasteiger partial charge in [-0.15, -0.1) is 12.4 Å². The van der Waals surface area contributed by atoms with Crippen molar-refractivity contribution in [1.29, 1.82) is 0 Å². The molecule has 0 unspecified atom stereocenters. The minimum atomic E-state index is -0.265. The van der Waals surface area contributed by atoms with E-state index in [0.717, 1.165) is 11.5 Å². The highest BCUT2D eigenvalue weighted by Gasteiger charge is 2.02. The van der Waals surface area contributed by atoms with Crippen molar-refractivity contribution in [3.05, 3.63) is 48.3 Å². The van der Waals surface area contributed by atoms with Crippen LogP contribution in [0.5, 0.6) is 0 Å². The number of nitrogens with zero attached hydrogens (tertiary/aromatic N) is 2. The van der Waals surface area contributed by atoms with Crippen LogP contribution in [0.25, 0.3) is 5.69 Å². The van der Waals surface area contributed by atoms with E-state index in [4.69, 9.17) is 5.73 Å². The van der Waals surface area contributed by atoms with Gasteiger partial charge in [-0.25, -0.2) is 9.37 Å². The molecule has 2 aromatic rings. The van der Waals surface area contributed by atoms with Crippen LogP contribution < -0.4 is 5.73 Å². The molecule has 2 rings (SSSR count). The van der Waals surface area contributed by atoms with Crippen LogP contribution in [-0.4, -0.2) is 9.55 Å². The Hall–Kier alpha value is -1.39. The van der Waals surface area contributed by atoms with E-state index in [-0.39, 0.29) is 18.2 Å². The molecular formula is C10H11ClFN3. The maximum absolute atomic E-state index is 12.9. The molecule has 0 saturated carbocycles. The lowest BCUT2D eigenvalue weighted by Gasteiger charge is -2.05. The van der Waals surface area contributed by atoms with Crippen molar-refractivity contribution in [3.63, 3.8) is 0 Å². The number of aromatic nitrogens is 2. The molecule has 0 spiro atoms. The number of halogens is 2. The summed E-state index contributed by atoms with van der Waals surface area (Å²) in [6.07, 6.45) is 3.41. The standard InChI is InChI=1S/C10H10FN3.ClH/c11-8-2-1-3-9(6-8)14-5-4-13-10(14)7-12;/h1-6H,7,12H2;1H. The minimum Gasteiger partial charge on any atom is -0.324 e. The second-order valence-corrected chi connectivity index (χ2v) is 2.90. The van der Waals surface area contributed by atoms with E-state index in [1.165, 1.54) is 12.1 Å². The topological polar surface area (TPSA) is 43.8 Å². The first-order valence-corrected chi connectivity index (χ1v) is 4.29. The Morgan fingerprint density at radius 1 is 1.40 bits per heavy atom. The summed E-state index contributed by atoms with van der Waals surface area (Å²) in [7, 11) is 0. The summed E-state index contributed by atoms with van der Waals surface area (Å²) in [6, 6.07) is 6.32. The predicted molar refractivity (Wildman–Crippen MR) is 58.7 cm³/mol. The third-order valence-corrected chi connectivity index (χ3v) is 1.99. The Labute approximate surface area is 93.2 Å². The first-order chi connectivity index (χ1) is 6.81. The van der Waals surface area contributed by atoms with Crippen molar-refractivity contribution >= 4 is 12.4 Å². The Bertz CT molecular complexity index is 442. The molecule has 0 radical (unpaired) electrons. The predicted octanol–water partition coefficient (Wildman–Crippen LogP) is 1.89. The molecule has 0 fully saturated rings. The first kappa shape index (κ1) is 11.7. The lowest BCUT2D eigenvalue weighted by atomic mass is 10.3. The van der Waals surface area contributed by atoms with Crippen molar-refractivity contribution in [2.24, 2.45) is 5.73 Å². The first-order valence-electron chi connectivity index (χ1n) is 4.29. The molecule has 0 bridgehead atoms. The molecule has 0 aliphatic heterocycles. The zero-order valence-corrected chi connectivity index (χ0v) is 8.75. The highest BCUT2D eigenvalue weighted by molar-refractivity contribution is 5.85. The number of imidazole rings is 1. The van der Waals surface area contributed by atoms with Crippen LogP contribution in [-0.2, 0) is 6.54 Å². The number of benzene rings is 1. The second kappa shape index (κ2) is 4.91. The van der Waals surface area contributed by atoms with E-state index >= 15 is 0 Å². The van der Waals surface area contributed by atoms with E-state index in [2.05, 4.69) is 4.98 Å². The summed E-state index contributed by atoms with van der Waals surface area (Å²) < 4.78 is 14.7. The maximum Gasteiger partial charge on any atom is 0.126 e. The van der Waals surface area contributed by atoms with Gasteiger partial charge in [0.1, 0.15) is 11.6 Å². The lowest BCUT2D eigenvalue weighted by Crippen LogP contribution is -2.06. The van der Waals surface area contributed by atoms with Crippen LogP contribution in [0.1, 0.15) is 5.82 Å². The molecule has 0 amide bonds. The minimum absolute atomic E-state index is 0. The fraction of sp³-hybridized carbons (Fsp3) is 0.100. The normalized spacial score (nSPS) is 9.73. The Morgan fingerprint density at radius 2 is 2.20 bits per heavy atom. The molecule has 0 aliphatic rings. The van der Waals surface area contributed by atoms with E-state index in [9.17, 15) is 4.39 Å². The zero-order chi connectivity index (χ0) is 9.97. The molecule has 3 nitrogen and oxygen atoms in total. The van der Waals surface area contributed by atoms with Crippen molar-refractivity contribution in [1.82, 2.24) is 9.55 Å². The second-order valence-electron chi connectivity index (χ2n) is 2.90. The lowest BCUT2D eigenvalue weighted by molar-refractivity contribution is 0.626. The summed E-state index contributed by atoms with van der Waals surface area (Å²) in [5.74, 6) is 0.453. The number of hydrogen-bond donors (Lipinski definition) is 1. The largest absolute Gasteiger partial charge is 0.324 e. The van der Waals surface area contributed by atoms with Crippen molar-refractivity contribution in [2.75, 3.05) is 0 Å². The SMILES string of the molecule is Cl.NCc1nccn1-c1cccc(F)c1. The van der Waals surface area contributed by atoms with E-state index in [0.29, 0.717) is 6.54 Å². The number of hydrogen-bond acceptors (Lipinski definition) is 2. The van der Waals surface area contributed by atoms with Gasteiger partial charge in [-0.2, -0.15) is 0 Å². The molecule has 15 heavy (non-hydrogen) atoms. The summed E-state index contributed by atoms with van der Waals surface area (Å²) in [5, 5.41) is 0. The Kier molecular flexibility index (Phi) is 3.82. The molecule has 2 N–H and O–H groups in total. The van der Waals surface area contributed by atoms with Gasteiger partial charge < -0.3 is 10.3 Å². The van der Waals surface area contributed by atoms with Gasteiger partial charge in [0, 0.05) is 18.1 Å². The smallest absolute Gasteiger partial charge is 0.126 e. The fourth-order valence-electron chi connectivity index (χ4n) is 1.35. The molecule has 5 heteroatoms. The Morgan fingerprint density at radius 3 is 2.87 bits per heavy atom. The zero-order valence-electron chi connectivity index (χ0n) is 7.93. The van der Waals surface area contributed by atoms with Crippen LogP contribution in [0.4, 0.5) is 4.39 Å². The molecule has 0 aliphatic carbocycles. The van der Waals surface area contributed by atoms with Gasteiger partial charge in [0.2, 0.25) is 0 Å². The van der Waals surface area contributed by atoms with Gasteiger partial charge >= 0.3 is 0 Å². The summed E-state index contributed by atoms with van der Waals surface area (Å²) in [4.78, 5) is 4.06. The number of rotatable bonds is 2. The van der Waals surface area contributed by atoms with E-state index in [1.807, 2.05) is 6.07 Å². The van der Waals surface area contributed by atoms with Crippen molar-refractivity contribution < 1.29 is 4.39 Å². The van der Waals surface area contributed by atoms with Crippen molar-refractivity contribution in [2.45, 2.75) is 6.54 Å². The maximum atomic E-state index is 12.9.